The van der Waals surface area contributed by atoms with Crippen LogP contribution in [0.4, 0.5) is 0 Å². The Morgan fingerprint density at radius 1 is 1.16 bits per heavy atom. The molecule has 19 heavy (non-hydrogen) atoms. The summed E-state index contributed by atoms with van der Waals surface area (Å²) >= 11 is 0. The van der Waals surface area contributed by atoms with E-state index in [1.165, 1.54) is 41.4 Å². The molecule has 2 aromatic heterocycles. The minimum atomic E-state index is 0.884. The maximum atomic E-state index is 5.33. The summed E-state index contributed by atoms with van der Waals surface area (Å²) in [4.78, 5) is 8.20. The molecule has 0 spiro atoms. The monoisotopic (exact) mass is 252 g/mol. The number of hydrogen-bond acceptors (Lipinski definition) is 2. The van der Waals surface area contributed by atoms with Crippen molar-refractivity contribution in [1.29, 1.82) is 0 Å². The molecule has 1 aliphatic carbocycles. The Hall–Kier alpha value is -2.03. The van der Waals surface area contributed by atoms with Crippen LogP contribution in [0.5, 0.6) is 5.75 Å². The molecule has 0 aliphatic heterocycles. The number of aromatic amines is 1. The predicted molar refractivity (Wildman–Crippen MR) is 76.8 cm³/mol. The molecule has 0 fully saturated rings. The maximum Gasteiger partial charge on any atom is 0.119 e. The number of hydrogen-bond donors (Lipinski definition) is 1. The number of aryl methyl sites for hydroxylation is 2. The second-order valence-corrected chi connectivity index (χ2v) is 5.22. The average Bonchev–Trinajstić information content (AvgIpc) is 2.85. The van der Waals surface area contributed by atoms with Crippen molar-refractivity contribution in [3.63, 3.8) is 0 Å². The Kier molecular flexibility index (Phi) is 2.28. The first-order chi connectivity index (χ1) is 9.36. The first kappa shape index (κ1) is 10.9. The van der Waals surface area contributed by atoms with E-state index in [0.29, 0.717) is 0 Å². The van der Waals surface area contributed by atoms with Crippen molar-refractivity contribution in [2.24, 2.45) is 0 Å². The Labute approximate surface area is 111 Å². The van der Waals surface area contributed by atoms with Gasteiger partial charge in [0.15, 0.2) is 0 Å². The molecule has 3 nitrogen and oxygen atoms in total. The molecule has 3 heteroatoms. The molecule has 0 saturated heterocycles. The molecule has 1 N–H and O–H groups in total. The van der Waals surface area contributed by atoms with Crippen molar-refractivity contribution in [2.45, 2.75) is 25.7 Å². The minimum Gasteiger partial charge on any atom is -0.497 e. The van der Waals surface area contributed by atoms with E-state index in [-0.39, 0.29) is 0 Å². The lowest BCUT2D eigenvalue weighted by Gasteiger charge is -2.10. The standard InChI is InChI=1S/C16H16N2O/c1-19-10-6-7-14-12(8-10)16-13(9-17-14)11-4-2-3-5-15(11)18-16/h6-9,18H,2-5H2,1H3. The summed E-state index contributed by atoms with van der Waals surface area (Å²) < 4.78 is 5.33. The molecular weight excluding hydrogens is 236 g/mol. The molecule has 0 bridgehead atoms. The number of methoxy groups -OCH3 is 1. The Balaban J connectivity index is 2.09. The van der Waals surface area contributed by atoms with Crippen LogP contribution in [0.25, 0.3) is 21.8 Å². The molecule has 1 aliphatic rings. The van der Waals surface area contributed by atoms with E-state index < -0.39 is 0 Å². The van der Waals surface area contributed by atoms with Gasteiger partial charge in [0.2, 0.25) is 0 Å². The summed E-state index contributed by atoms with van der Waals surface area (Å²) in [6.07, 6.45) is 6.93. The zero-order valence-electron chi connectivity index (χ0n) is 11.0. The van der Waals surface area contributed by atoms with Gasteiger partial charge >= 0.3 is 0 Å². The lowest BCUT2D eigenvalue weighted by Crippen LogP contribution is -1.99. The van der Waals surface area contributed by atoms with Crippen molar-refractivity contribution in [2.75, 3.05) is 7.11 Å². The third-order valence-corrected chi connectivity index (χ3v) is 4.14. The molecule has 0 amide bonds. The van der Waals surface area contributed by atoms with Crippen LogP contribution in [0.2, 0.25) is 0 Å². The van der Waals surface area contributed by atoms with Crippen molar-refractivity contribution in [3.05, 3.63) is 35.7 Å². The van der Waals surface area contributed by atoms with Crippen LogP contribution in [0.3, 0.4) is 0 Å². The first-order valence-electron chi connectivity index (χ1n) is 6.83. The van der Waals surface area contributed by atoms with E-state index in [1.807, 2.05) is 18.3 Å². The lowest BCUT2D eigenvalue weighted by molar-refractivity contribution is 0.415. The van der Waals surface area contributed by atoms with Crippen LogP contribution in [0.15, 0.2) is 24.4 Å². The van der Waals surface area contributed by atoms with Gasteiger partial charge < -0.3 is 9.72 Å². The largest absolute Gasteiger partial charge is 0.497 e. The Morgan fingerprint density at radius 2 is 2.05 bits per heavy atom. The molecule has 2 heterocycles. The summed E-state index contributed by atoms with van der Waals surface area (Å²) in [6.45, 7) is 0. The highest BCUT2D eigenvalue weighted by atomic mass is 16.5. The quantitative estimate of drug-likeness (QED) is 0.718. The van der Waals surface area contributed by atoms with Gasteiger partial charge in [-0.25, -0.2) is 0 Å². The Morgan fingerprint density at radius 3 is 2.95 bits per heavy atom. The molecule has 0 unspecified atom stereocenters. The van der Waals surface area contributed by atoms with E-state index in [9.17, 15) is 0 Å². The zero-order chi connectivity index (χ0) is 12.8. The van der Waals surface area contributed by atoms with Crippen LogP contribution < -0.4 is 4.74 Å². The summed E-state index contributed by atoms with van der Waals surface area (Å²) in [5.74, 6) is 0.884. The van der Waals surface area contributed by atoms with E-state index in [4.69, 9.17) is 4.74 Å². The van der Waals surface area contributed by atoms with Crippen LogP contribution in [-0.4, -0.2) is 17.1 Å². The maximum absolute atomic E-state index is 5.33. The molecule has 4 rings (SSSR count). The number of pyridine rings is 1. The number of ether oxygens (including phenoxy) is 1. The van der Waals surface area contributed by atoms with Gasteiger partial charge in [-0.3, -0.25) is 4.98 Å². The highest BCUT2D eigenvalue weighted by Gasteiger charge is 2.17. The third kappa shape index (κ3) is 1.54. The van der Waals surface area contributed by atoms with Crippen molar-refractivity contribution >= 4 is 21.8 Å². The second-order valence-electron chi connectivity index (χ2n) is 5.22. The van der Waals surface area contributed by atoms with Crippen molar-refractivity contribution in [3.8, 4) is 5.75 Å². The second kappa shape index (κ2) is 3.98. The van der Waals surface area contributed by atoms with Gasteiger partial charge in [-0.05, 0) is 49.4 Å². The average molecular weight is 252 g/mol. The molecule has 96 valence electrons. The fourth-order valence-electron chi connectivity index (χ4n) is 3.15. The SMILES string of the molecule is COc1ccc2ncc3c4c([nH]c3c2c1)CCCC4. The predicted octanol–water partition coefficient (Wildman–Crippen LogP) is 3.60. The van der Waals surface area contributed by atoms with E-state index in [0.717, 1.165) is 23.1 Å². The van der Waals surface area contributed by atoms with Gasteiger partial charge in [-0.1, -0.05) is 0 Å². The number of fused-ring (bicyclic) bond motifs is 5. The number of rotatable bonds is 1. The van der Waals surface area contributed by atoms with E-state index >= 15 is 0 Å². The van der Waals surface area contributed by atoms with Gasteiger partial charge in [0.05, 0.1) is 18.1 Å². The highest BCUT2D eigenvalue weighted by Crippen LogP contribution is 2.33. The van der Waals surface area contributed by atoms with Crippen LogP contribution in [-0.2, 0) is 12.8 Å². The third-order valence-electron chi connectivity index (χ3n) is 4.14. The zero-order valence-corrected chi connectivity index (χ0v) is 11.0. The van der Waals surface area contributed by atoms with Crippen LogP contribution in [0, 0.1) is 0 Å². The Bertz CT molecular complexity index is 773. The molecule has 0 atom stereocenters. The normalized spacial score (nSPS) is 14.8. The van der Waals surface area contributed by atoms with Gasteiger partial charge in [-0.15, -0.1) is 0 Å². The topological polar surface area (TPSA) is 37.9 Å². The van der Waals surface area contributed by atoms with Crippen molar-refractivity contribution < 1.29 is 4.74 Å². The summed E-state index contributed by atoms with van der Waals surface area (Å²) in [5.41, 5.74) is 5.11. The van der Waals surface area contributed by atoms with Crippen LogP contribution in [0.1, 0.15) is 24.1 Å². The molecule has 0 radical (unpaired) electrons. The molecule has 1 aromatic carbocycles. The summed E-state index contributed by atoms with van der Waals surface area (Å²) in [5, 5.41) is 2.45. The lowest BCUT2D eigenvalue weighted by atomic mass is 9.96. The van der Waals surface area contributed by atoms with Gasteiger partial charge in [0.25, 0.3) is 0 Å². The first-order valence-corrected chi connectivity index (χ1v) is 6.83. The van der Waals surface area contributed by atoms with Crippen LogP contribution >= 0.6 is 0 Å². The van der Waals surface area contributed by atoms with Gasteiger partial charge in [-0.2, -0.15) is 0 Å². The number of nitrogens with one attached hydrogen (secondary N) is 1. The number of nitrogens with zero attached hydrogens (tertiary/aromatic N) is 1. The van der Waals surface area contributed by atoms with E-state index in [1.54, 1.807) is 7.11 Å². The fraction of sp³-hybridized carbons (Fsp3) is 0.312. The fourth-order valence-corrected chi connectivity index (χ4v) is 3.15. The van der Waals surface area contributed by atoms with E-state index in [2.05, 4.69) is 16.0 Å². The van der Waals surface area contributed by atoms with Crippen molar-refractivity contribution in [1.82, 2.24) is 9.97 Å². The summed E-state index contributed by atoms with van der Waals surface area (Å²) in [7, 11) is 1.70. The highest BCUT2D eigenvalue weighted by molar-refractivity contribution is 6.05. The number of aromatic nitrogens is 2. The molecular formula is C16H16N2O. The van der Waals surface area contributed by atoms with Gasteiger partial charge in [0.1, 0.15) is 5.75 Å². The smallest absolute Gasteiger partial charge is 0.119 e. The summed E-state index contributed by atoms with van der Waals surface area (Å²) in [6, 6.07) is 6.06. The number of H-pyrrole nitrogens is 1. The van der Waals surface area contributed by atoms with Gasteiger partial charge in [0, 0.05) is 22.7 Å². The molecule has 0 saturated carbocycles. The minimum absolute atomic E-state index is 0.884. The number of benzene rings is 1. The molecule has 3 aromatic rings.